The summed E-state index contributed by atoms with van der Waals surface area (Å²) in [7, 11) is 0. The molecule has 2 aromatic carbocycles. The smallest absolute Gasteiger partial charge is 0.254 e. The first kappa shape index (κ1) is 20.2. The third-order valence-corrected chi connectivity index (χ3v) is 5.65. The van der Waals surface area contributed by atoms with Crippen LogP contribution in [0.1, 0.15) is 33.5 Å². The summed E-state index contributed by atoms with van der Waals surface area (Å²) in [5.74, 6) is 2.14. The lowest BCUT2D eigenvalue weighted by Gasteiger charge is -2.25. The molecule has 1 aliphatic heterocycles. The molecule has 0 unspecified atom stereocenters. The van der Waals surface area contributed by atoms with Gasteiger partial charge in [0.1, 0.15) is 25.6 Å². The summed E-state index contributed by atoms with van der Waals surface area (Å²) in [5, 5.41) is 3.01. The average molecular weight is 425 g/mol. The molecular formula is C23H24N2O4S. The Morgan fingerprint density at radius 3 is 2.70 bits per heavy atom. The van der Waals surface area contributed by atoms with Gasteiger partial charge in [0.2, 0.25) is 0 Å². The summed E-state index contributed by atoms with van der Waals surface area (Å²) in [5.41, 5.74) is 2.48. The predicted octanol–water partition coefficient (Wildman–Crippen LogP) is 4.46. The highest BCUT2D eigenvalue weighted by molar-refractivity contribution is 7.09. The molecule has 2 heterocycles. The van der Waals surface area contributed by atoms with Gasteiger partial charge >= 0.3 is 0 Å². The van der Waals surface area contributed by atoms with Gasteiger partial charge in [0.25, 0.3) is 5.91 Å². The third-order valence-electron chi connectivity index (χ3n) is 4.83. The summed E-state index contributed by atoms with van der Waals surface area (Å²) in [4.78, 5) is 19.2. The number of carbonyl (C=O) groups is 1. The molecule has 0 fully saturated rings. The molecule has 1 aliphatic rings. The summed E-state index contributed by atoms with van der Waals surface area (Å²) >= 11 is 1.60. The first-order valence-electron chi connectivity index (χ1n) is 9.94. The number of nitrogens with zero attached hydrogens (tertiary/aromatic N) is 2. The fraction of sp³-hybridized carbons (Fsp3) is 0.304. The monoisotopic (exact) mass is 424 g/mol. The minimum atomic E-state index is -0.0338. The first-order chi connectivity index (χ1) is 14.6. The number of ether oxygens (including phenoxy) is 3. The van der Waals surface area contributed by atoms with Crippen LogP contribution in [0.15, 0.2) is 47.8 Å². The molecule has 0 saturated heterocycles. The van der Waals surface area contributed by atoms with Crippen molar-refractivity contribution >= 4 is 17.2 Å². The standard InChI is InChI=1S/C23H24N2O4S/c1-3-25(13-18-5-4-6-21-22(18)28-12-11-27-21)23(26)17-7-9-20(10-8-17)29-14-19-15-30-16(2)24-19/h4-10,15H,3,11-14H2,1-2H3. The van der Waals surface area contributed by atoms with Crippen LogP contribution >= 0.6 is 11.3 Å². The van der Waals surface area contributed by atoms with Crippen LogP contribution in [0.25, 0.3) is 0 Å². The molecule has 7 heteroatoms. The fourth-order valence-electron chi connectivity index (χ4n) is 3.30. The number of hydrogen-bond acceptors (Lipinski definition) is 6. The van der Waals surface area contributed by atoms with E-state index in [1.54, 1.807) is 28.4 Å². The van der Waals surface area contributed by atoms with E-state index in [9.17, 15) is 4.79 Å². The van der Waals surface area contributed by atoms with Crippen molar-refractivity contribution in [2.45, 2.75) is 27.0 Å². The maximum Gasteiger partial charge on any atom is 0.254 e. The van der Waals surface area contributed by atoms with Crippen molar-refractivity contribution < 1.29 is 19.0 Å². The minimum Gasteiger partial charge on any atom is -0.487 e. The molecule has 1 aromatic heterocycles. The van der Waals surface area contributed by atoms with Gasteiger partial charge in [0.15, 0.2) is 11.5 Å². The van der Waals surface area contributed by atoms with Gasteiger partial charge in [0, 0.05) is 29.6 Å². The van der Waals surface area contributed by atoms with Crippen LogP contribution in [0, 0.1) is 6.92 Å². The van der Waals surface area contributed by atoms with Crippen LogP contribution in [0.3, 0.4) is 0 Å². The first-order valence-corrected chi connectivity index (χ1v) is 10.8. The molecule has 0 atom stereocenters. The number of thiazole rings is 1. The number of rotatable bonds is 7. The van der Waals surface area contributed by atoms with Crippen LogP contribution in [0.4, 0.5) is 0 Å². The zero-order valence-corrected chi connectivity index (χ0v) is 17.9. The van der Waals surface area contributed by atoms with Crippen LogP contribution in [-0.4, -0.2) is 35.5 Å². The summed E-state index contributed by atoms with van der Waals surface area (Å²) in [6.45, 7) is 6.47. The maximum absolute atomic E-state index is 13.0. The van der Waals surface area contributed by atoms with E-state index in [4.69, 9.17) is 14.2 Å². The summed E-state index contributed by atoms with van der Waals surface area (Å²) in [6, 6.07) is 13.0. The lowest BCUT2D eigenvalue weighted by molar-refractivity contribution is 0.0749. The Kier molecular flexibility index (Phi) is 6.18. The molecule has 6 nitrogen and oxygen atoms in total. The molecule has 0 bridgehead atoms. The van der Waals surface area contributed by atoms with Crippen molar-refractivity contribution in [2.75, 3.05) is 19.8 Å². The lowest BCUT2D eigenvalue weighted by Crippen LogP contribution is -2.30. The van der Waals surface area contributed by atoms with Crippen LogP contribution < -0.4 is 14.2 Å². The van der Waals surface area contributed by atoms with Crippen molar-refractivity contribution in [1.29, 1.82) is 0 Å². The maximum atomic E-state index is 13.0. The molecule has 30 heavy (non-hydrogen) atoms. The van der Waals surface area contributed by atoms with Gasteiger partial charge in [0.05, 0.1) is 10.7 Å². The van der Waals surface area contributed by atoms with Gasteiger partial charge in [-0.3, -0.25) is 4.79 Å². The van der Waals surface area contributed by atoms with E-state index in [0.29, 0.717) is 44.2 Å². The van der Waals surface area contributed by atoms with Crippen molar-refractivity contribution in [3.05, 3.63) is 69.7 Å². The average Bonchev–Trinajstić information content (AvgIpc) is 3.21. The Morgan fingerprint density at radius 1 is 1.17 bits per heavy atom. The summed E-state index contributed by atoms with van der Waals surface area (Å²) in [6.07, 6.45) is 0. The normalized spacial score (nSPS) is 12.5. The molecular weight excluding hydrogens is 400 g/mol. The lowest BCUT2D eigenvalue weighted by atomic mass is 10.1. The number of fused-ring (bicyclic) bond motifs is 1. The van der Waals surface area contributed by atoms with Gasteiger partial charge in [-0.1, -0.05) is 12.1 Å². The SMILES string of the molecule is CCN(Cc1cccc2c1OCCO2)C(=O)c1ccc(OCc2csc(C)n2)cc1. The van der Waals surface area contributed by atoms with Gasteiger partial charge < -0.3 is 19.1 Å². The molecule has 0 radical (unpaired) electrons. The molecule has 0 spiro atoms. The van der Waals surface area contributed by atoms with E-state index < -0.39 is 0 Å². The second kappa shape index (κ2) is 9.17. The highest BCUT2D eigenvalue weighted by atomic mass is 32.1. The number of amides is 1. The van der Waals surface area contributed by atoms with Crippen LogP contribution in [0.5, 0.6) is 17.2 Å². The second-order valence-corrected chi connectivity index (χ2v) is 7.99. The largest absolute Gasteiger partial charge is 0.487 e. The topological polar surface area (TPSA) is 60.9 Å². The molecule has 1 amide bonds. The van der Waals surface area contributed by atoms with E-state index in [-0.39, 0.29) is 5.91 Å². The molecule has 4 rings (SSSR count). The van der Waals surface area contributed by atoms with Gasteiger partial charge in [-0.2, -0.15) is 0 Å². The van der Waals surface area contributed by atoms with Crippen molar-refractivity contribution in [3.63, 3.8) is 0 Å². The number of para-hydroxylation sites is 1. The number of aryl methyl sites for hydroxylation is 1. The Morgan fingerprint density at radius 2 is 1.97 bits per heavy atom. The summed E-state index contributed by atoms with van der Waals surface area (Å²) < 4.78 is 17.2. The Hall–Kier alpha value is -3.06. The zero-order chi connectivity index (χ0) is 20.9. The second-order valence-electron chi connectivity index (χ2n) is 6.93. The quantitative estimate of drug-likeness (QED) is 0.560. The fourth-order valence-corrected chi connectivity index (χ4v) is 3.90. The number of hydrogen-bond donors (Lipinski definition) is 0. The van der Waals surface area contributed by atoms with E-state index >= 15 is 0 Å². The Labute approximate surface area is 180 Å². The van der Waals surface area contributed by atoms with Crippen molar-refractivity contribution in [1.82, 2.24) is 9.88 Å². The molecule has 0 saturated carbocycles. The minimum absolute atomic E-state index is 0.0338. The zero-order valence-electron chi connectivity index (χ0n) is 17.1. The predicted molar refractivity (Wildman–Crippen MR) is 115 cm³/mol. The van der Waals surface area contributed by atoms with E-state index in [0.717, 1.165) is 27.8 Å². The number of benzene rings is 2. The Balaban J connectivity index is 1.42. The molecule has 3 aromatic rings. The third kappa shape index (κ3) is 4.57. The van der Waals surface area contributed by atoms with Crippen LogP contribution in [0.2, 0.25) is 0 Å². The van der Waals surface area contributed by atoms with Gasteiger partial charge in [-0.05, 0) is 44.2 Å². The van der Waals surface area contributed by atoms with Crippen molar-refractivity contribution in [2.24, 2.45) is 0 Å². The molecule has 0 N–H and O–H groups in total. The number of aromatic nitrogens is 1. The molecule has 0 aliphatic carbocycles. The number of carbonyl (C=O) groups excluding carboxylic acids is 1. The highest BCUT2D eigenvalue weighted by Gasteiger charge is 2.20. The van der Waals surface area contributed by atoms with Crippen molar-refractivity contribution in [3.8, 4) is 17.2 Å². The highest BCUT2D eigenvalue weighted by Crippen LogP contribution is 2.34. The van der Waals surface area contributed by atoms with E-state index in [2.05, 4.69) is 4.98 Å². The van der Waals surface area contributed by atoms with E-state index in [1.807, 2.05) is 49.6 Å². The van der Waals surface area contributed by atoms with Crippen LogP contribution in [-0.2, 0) is 13.2 Å². The van der Waals surface area contributed by atoms with Gasteiger partial charge in [-0.15, -0.1) is 11.3 Å². The van der Waals surface area contributed by atoms with E-state index in [1.165, 1.54) is 0 Å². The Bertz CT molecular complexity index is 1020. The van der Waals surface area contributed by atoms with Gasteiger partial charge in [-0.25, -0.2) is 4.98 Å². The molecule has 156 valence electrons.